The van der Waals surface area contributed by atoms with E-state index in [4.69, 9.17) is 9.84 Å². The number of carbonyl (C=O) groups is 2. The van der Waals surface area contributed by atoms with E-state index in [2.05, 4.69) is 10.4 Å². The minimum absolute atomic E-state index is 0.0596. The molecule has 0 spiro atoms. The topological polar surface area (TPSA) is 93.5 Å². The molecule has 0 aliphatic heterocycles. The molecule has 0 unspecified atom stereocenters. The van der Waals surface area contributed by atoms with Crippen LogP contribution in [-0.2, 0) is 17.8 Å². The number of carboxylic acid groups (broad SMARTS) is 1. The van der Waals surface area contributed by atoms with Crippen LogP contribution in [0.4, 0.5) is 18.9 Å². The Hall–Kier alpha value is -3.04. The number of nitrogens with one attached hydrogen (secondary N) is 1. The molecule has 2 N–H and O–H groups in total. The third-order valence-corrected chi connectivity index (χ3v) is 3.91. The van der Waals surface area contributed by atoms with Gasteiger partial charge in [0.05, 0.1) is 19.2 Å². The van der Waals surface area contributed by atoms with E-state index in [0.29, 0.717) is 16.9 Å². The molecule has 7 nitrogen and oxygen atoms in total. The largest absolute Gasteiger partial charge is 0.496 e. The molecule has 10 heteroatoms. The molecule has 1 aromatic carbocycles. The molecule has 2 rings (SSSR count). The molecule has 1 heterocycles. The number of carboxylic acids is 1. The molecule has 0 saturated carbocycles. The van der Waals surface area contributed by atoms with Gasteiger partial charge in [-0.1, -0.05) is 0 Å². The second kappa shape index (κ2) is 7.68. The smallest absolute Gasteiger partial charge is 0.408 e. The molecule has 1 aromatic heterocycles. The quantitative estimate of drug-likeness (QED) is 0.798. The number of aryl methyl sites for hydroxylation is 1. The highest BCUT2D eigenvalue weighted by Crippen LogP contribution is 2.24. The van der Waals surface area contributed by atoms with Gasteiger partial charge >= 0.3 is 12.1 Å². The normalized spacial score (nSPS) is 11.3. The summed E-state index contributed by atoms with van der Waals surface area (Å²) in [5, 5.41) is 15.5. The number of benzene rings is 1. The van der Waals surface area contributed by atoms with Crippen LogP contribution in [0.25, 0.3) is 0 Å². The Bertz CT molecular complexity index is 875. The van der Waals surface area contributed by atoms with Crippen LogP contribution in [-0.4, -0.2) is 40.0 Å². The summed E-state index contributed by atoms with van der Waals surface area (Å²) < 4.78 is 43.5. The lowest BCUT2D eigenvalue weighted by Crippen LogP contribution is -2.20. The molecule has 146 valence electrons. The predicted octanol–water partition coefficient (Wildman–Crippen LogP) is 2.95. The molecule has 0 radical (unpaired) electrons. The van der Waals surface area contributed by atoms with Crippen molar-refractivity contribution in [2.45, 2.75) is 33.0 Å². The van der Waals surface area contributed by atoms with Crippen LogP contribution < -0.4 is 10.1 Å². The Balaban J connectivity index is 2.16. The van der Waals surface area contributed by atoms with Gasteiger partial charge in [0, 0.05) is 23.0 Å². The summed E-state index contributed by atoms with van der Waals surface area (Å²) in [6.45, 7) is 1.78. The highest BCUT2D eigenvalue weighted by Gasteiger charge is 2.30. The molecule has 0 atom stereocenters. The fourth-order valence-electron chi connectivity index (χ4n) is 2.63. The van der Waals surface area contributed by atoms with Crippen LogP contribution in [0.2, 0.25) is 0 Å². The van der Waals surface area contributed by atoms with E-state index in [9.17, 15) is 22.8 Å². The van der Waals surface area contributed by atoms with Gasteiger partial charge in [-0.05, 0) is 26.0 Å². The van der Waals surface area contributed by atoms with Crippen molar-refractivity contribution < 1.29 is 32.6 Å². The minimum atomic E-state index is -4.41. The maximum absolute atomic E-state index is 12.6. The molecule has 27 heavy (non-hydrogen) atoms. The maximum atomic E-state index is 12.6. The van der Waals surface area contributed by atoms with Gasteiger partial charge in [0.15, 0.2) is 0 Å². The van der Waals surface area contributed by atoms with Crippen molar-refractivity contribution in [2.24, 2.45) is 0 Å². The number of hydrogen-bond acceptors (Lipinski definition) is 4. The number of alkyl halides is 3. The fourth-order valence-corrected chi connectivity index (χ4v) is 2.63. The SMILES string of the molecule is COc1cc(NC(=O)Cc2c(C)nn(CC(F)(F)F)c2C)ccc1C(=O)O. The second-order valence-corrected chi connectivity index (χ2v) is 5.87. The van der Waals surface area contributed by atoms with Crippen LogP contribution in [0.5, 0.6) is 5.75 Å². The number of ether oxygens (including phenoxy) is 1. The Kier molecular flexibility index (Phi) is 5.77. The number of aromatic carboxylic acids is 1. The standard InChI is InChI=1S/C17H18F3N3O4/c1-9-13(10(2)23(22-9)8-17(18,19)20)7-15(24)21-11-4-5-12(16(25)26)14(6-11)27-3/h4-6H,7-8H2,1-3H3,(H,21,24)(H,25,26). The van der Waals surface area contributed by atoms with E-state index in [1.165, 1.54) is 39.2 Å². The Morgan fingerprint density at radius 1 is 1.30 bits per heavy atom. The predicted molar refractivity (Wildman–Crippen MR) is 90.0 cm³/mol. The average Bonchev–Trinajstić information content (AvgIpc) is 2.80. The van der Waals surface area contributed by atoms with E-state index < -0.39 is 24.6 Å². The highest BCUT2D eigenvalue weighted by molar-refractivity contribution is 5.95. The van der Waals surface area contributed by atoms with Crippen molar-refractivity contribution in [1.29, 1.82) is 0 Å². The number of halogens is 3. The zero-order valence-corrected chi connectivity index (χ0v) is 14.8. The van der Waals surface area contributed by atoms with Gasteiger partial charge in [-0.3, -0.25) is 9.48 Å². The summed E-state index contributed by atoms with van der Waals surface area (Å²) in [6, 6.07) is 4.04. The molecule has 0 aliphatic carbocycles. The lowest BCUT2D eigenvalue weighted by molar-refractivity contribution is -0.143. The number of methoxy groups -OCH3 is 1. The first-order valence-electron chi connectivity index (χ1n) is 7.82. The molecule has 2 aromatic rings. The van der Waals surface area contributed by atoms with E-state index in [1.807, 2.05) is 0 Å². The van der Waals surface area contributed by atoms with E-state index >= 15 is 0 Å². The van der Waals surface area contributed by atoms with Crippen LogP contribution >= 0.6 is 0 Å². The molecule has 0 aliphatic rings. The second-order valence-electron chi connectivity index (χ2n) is 5.87. The zero-order valence-electron chi connectivity index (χ0n) is 14.8. The van der Waals surface area contributed by atoms with Gasteiger partial charge in [-0.2, -0.15) is 18.3 Å². The summed E-state index contributed by atoms with van der Waals surface area (Å²) >= 11 is 0. The minimum Gasteiger partial charge on any atom is -0.496 e. The van der Waals surface area contributed by atoms with Crippen molar-refractivity contribution in [3.8, 4) is 5.75 Å². The number of carbonyl (C=O) groups excluding carboxylic acids is 1. The van der Waals surface area contributed by atoms with Crippen molar-refractivity contribution >= 4 is 17.6 Å². The number of amides is 1. The van der Waals surface area contributed by atoms with Crippen molar-refractivity contribution in [2.75, 3.05) is 12.4 Å². The molecule has 0 fully saturated rings. The third kappa shape index (κ3) is 4.99. The van der Waals surface area contributed by atoms with E-state index in [1.54, 1.807) is 0 Å². The third-order valence-electron chi connectivity index (χ3n) is 3.91. The summed E-state index contributed by atoms with van der Waals surface area (Å²) in [7, 11) is 1.30. The first kappa shape index (κ1) is 20.3. The number of hydrogen-bond donors (Lipinski definition) is 2. The molecule has 1 amide bonds. The van der Waals surface area contributed by atoms with Crippen LogP contribution in [0.1, 0.15) is 27.3 Å². The number of anilines is 1. The maximum Gasteiger partial charge on any atom is 0.408 e. The van der Waals surface area contributed by atoms with Crippen LogP contribution in [0.15, 0.2) is 18.2 Å². The average molecular weight is 385 g/mol. The number of nitrogens with zero attached hydrogens (tertiary/aromatic N) is 2. The molecular weight excluding hydrogens is 367 g/mol. The summed E-state index contributed by atoms with van der Waals surface area (Å²) in [4.78, 5) is 23.3. The first-order valence-corrected chi connectivity index (χ1v) is 7.82. The van der Waals surface area contributed by atoms with Gasteiger partial charge in [-0.25, -0.2) is 4.79 Å². The molecule has 0 saturated heterocycles. The van der Waals surface area contributed by atoms with E-state index in [0.717, 1.165) is 4.68 Å². The lowest BCUT2D eigenvalue weighted by Gasteiger charge is -2.10. The van der Waals surface area contributed by atoms with Gasteiger partial charge < -0.3 is 15.2 Å². The molecule has 0 bridgehead atoms. The Morgan fingerprint density at radius 3 is 2.52 bits per heavy atom. The van der Waals surface area contributed by atoms with Gasteiger partial charge in [-0.15, -0.1) is 0 Å². The van der Waals surface area contributed by atoms with Gasteiger partial charge in [0.1, 0.15) is 17.9 Å². The summed E-state index contributed by atoms with van der Waals surface area (Å²) in [5.41, 5.74) is 1.26. The number of aromatic nitrogens is 2. The number of rotatable bonds is 6. The van der Waals surface area contributed by atoms with Crippen molar-refractivity contribution in [3.63, 3.8) is 0 Å². The van der Waals surface area contributed by atoms with Gasteiger partial charge in [0.25, 0.3) is 0 Å². The fraction of sp³-hybridized carbons (Fsp3) is 0.353. The van der Waals surface area contributed by atoms with Gasteiger partial charge in [0.2, 0.25) is 5.91 Å². The summed E-state index contributed by atoms with van der Waals surface area (Å²) in [5.74, 6) is -1.57. The Labute approximate surface area is 152 Å². The lowest BCUT2D eigenvalue weighted by atomic mass is 10.1. The monoisotopic (exact) mass is 385 g/mol. The first-order chi connectivity index (χ1) is 12.5. The van der Waals surface area contributed by atoms with Crippen molar-refractivity contribution in [1.82, 2.24) is 9.78 Å². The highest BCUT2D eigenvalue weighted by atomic mass is 19.4. The van der Waals surface area contributed by atoms with Crippen LogP contribution in [0.3, 0.4) is 0 Å². The Morgan fingerprint density at radius 2 is 1.96 bits per heavy atom. The molecular formula is C17H18F3N3O4. The summed E-state index contributed by atoms with van der Waals surface area (Å²) in [6.07, 6.45) is -4.58. The van der Waals surface area contributed by atoms with Crippen molar-refractivity contribution in [3.05, 3.63) is 40.7 Å². The van der Waals surface area contributed by atoms with E-state index in [-0.39, 0.29) is 23.4 Å². The van der Waals surface area contributed by atoms with Crippen LogP contribution in [0, 0.1) is 13.8 Å². The zero-order chi connectivity index (χ0) is 20.4.